The molecule has 2 atom stereocenters. The zero-order valence-electron chi connectivity index (χ0n) is 16.9. The third-order valence-corrected chi connectivity index (χ3v) is 6.14. The molecule has 2 saturated heterocycles. The standard InChI is InChI=1S/C22H35N3O3/c26-20-17-25(21(27)10-9-19-7-3-1-4-8-19)15-11-22(20,28)18-23-12-16-24-13-5-2-6-14-24/h1,3-4,7-8,20,23,26,28H,2,5-6,9-18H2/t20-,22-/m0/s1. The van der Waals surface area contributed by atoms with Gasteiger partial charge in [0.05, 0.1) is 0 Å². The molecule has 2 aliphatic heterocycles. The fourth-order valence-corrected chi connectivity index (χ4v) is 4.18. The van der Waals surface area contributed by atoms with E-state index in [0.717, 1.165) is 31.7 Å². The Kier molecular flexibility index (Phi) is 7.85. The highest BCUT2D eigenvalue weighted by atomic mass is 16.3. The van der Waals surface area contributed by atoms with Crippen LogP contribution in [-0.4, -0.2) is 83.4 Å². The fourth-order valence-electron chi connectivity index (χ4n) is 4.18. The van der Waals surface area contributed by atoms with Crippen molar-refractivity contribution in [3.63, 3.8) is 0 Å². The first kappa shape index (κ1) is 21.2. The molecule has 1 aromatic carbocycles. The molecule has 156 valence electrons. The third kappa shape index (κ3) is 6.01. The summed E-state index contributed by atoms with van der Waals surface area (Å²) in [6, 6.07) is 9.96. The number of hydrogen-bond acceptors (Lipinski definition) is 5. The van der Waals surface area contributed by atoms with E-state index in [9.17, 15) is 15.0 Å². The summed E-state index contributed by atoms with van der Waals surface area (Å²) in [7, 11) is 0. The van der Waals surface area contributed by atoms with E-state index < -0.39 is 11.7 Å². The van der Waals surface area contributed by atoms with Gasteiger partial charge in [-0.1, -0.05) is 36.8 Å². The van der Waals surface area contributed by atoms with Crippen LogP contribution < -0.4 is 5.32 Å². The van der Waals surface area contributed by atoms with Crippen molar-refractivity contribution < 1.29 is 15.0 Å². The molecule has 1 amide bonds. The number of aryl methyl sites for hydroxylation is 1. The number of amides is 1. The lowest BCUT2D eigenvalue weighted by atomic mass is 9.88. The first-order valence-electron chi connectivity index (χ1n) is 10.7. The predicted octanol–water partition coefficient (Wildman–Crippen LogP) is 1.02. The van der Waals surface area contributed by atoms with Crippen LogP contribution in [-0.2, 0) is 11.2 Å². The van der Waals surface area contributed by atoms with Crippen LogP contribution in [0.3, 0.4) is 0 Å². The van der Waals surface area contributed by atoms with Gasteiger partial charge < -0.3 is 25.3 Å². The first-order chi connectivity index (χ1) is 13.6. The number of hydrogen-bond donors (Lipinski definition) is 3. The van der Waals surface area contributed by atoms with E-state index >= 15 is 0 Å². The highest BCUT2D eigenvalue weighted by molar-refractivity contribution is 5.76. The van der Waals surface area contributed by atoms with Crippen LogP contribution in [0.2, 0.25) is 0 Å². The molecule has 2 fully saturated rings. The summed E-state index contributed by atoms with van der Waals surface area (Å²) in [5.74, 6) is 0.0445. The minimum absolute atomic E-state index is 0.0445. The summed E-state index contributed by atoms with van der Waals surface area (Å²) < 4.78 is 0. The topological polar surface area (TPSA) is 76.0 Å². The zero-order chi connectivity index (χ0) is 19.8. The second-order valence-electron chi connectivity index (χ2n) is 8.27. The molecule has 1 aromatic rings. The van der Waals surface area contributed by atoms with Crippen molar-refractivity contribution >= 4 is 5.91 Å². The normalized spacial score (nSPS) is 26.4. The Bertz CT molecular complexity index is 606. The van der Waals surface area contributed by atoms with E-state index in [1.54, 1.807) is 4.90 Å². The summed E-state index contributed by atoms with van der Waals surface area (Å²) in [6.07, 6.45) is 4.51. The Balaban J connectivity index is 1.37. The maximum Gasteiger partial charge on any atom is 0.222 e. The van der Waals surface area contributed by atoms with Gasteiger partial charge in [-0.2, -0.15) is 0 Å². The minimum atomic E-state index is -1.15. The number of carbonyl (C=O) groups excluding carboxylic acids is 1. The van der Waals surface area contributed by atoms with E-state index in [1.165, 1.54) is 19.3 Å². The van der Waals surface area contributed by atoms with Gasteiger partial charge in [0.2, 0.25) is 5.91 Å². The highest BCUT2D eigenvalue weighted by Gasteiger charge is 2.41. The highest BCUT2D eigenvalue weighted by Crippen LogP contribution is 2.23. The van der Waals surface area contributed by atoms with E-state index in [2.05, 4.69) is 10.2 Å². The van der Waals surface area contributed by atoms with Gasteiger partial charge in [0, 0.05) is 39.1 Å². The van der Waals surface area contributed by atoms with Gasteiger partial charge in [-0.05, 0) is 44.3 Å². The largest absolute Gasteiger partial charge is 0.388 e. The number of nitrogens with zero attached hydrogens (tertiary/aromatic N) is 2. The summed E-state index contributed by atoms with van der Waals surface area (Å²) in [5, 5.41) is 24.6. The number of piperidine rings is 2. The monoisotopic (exact) mass is 389 g/mol. The molecule has 3 rings (SSSR count). The molecule has 3 N–H and O–H groups in total. The van der Waals surface area contributed by atoms with E-state index in [-0.39, 0.29) is 12.5 Å². The van der Waals surface area contributed by atoms with E-state index in [1.807, 2.05) is 30.3 Å². The molecule has 6 heteroatoms. The molecule has 0 unspecified atom stereocenters. The number of rotatable bonds is 8. The molecule has 28 heavy (non-hydrogen) atoms. The van der Waals surface area contributed by atoms with Crippen LogP contribution in [0.1, 0.15) is 37.7 Å². The first-order valence-corrected chi connectivity index (χ1v) is 10.7. The quantitative estimate of drug-likeness (QED) is 0.579. The Morgan fingerprint density at radius 3 is 2.61 bits per heavy atom. The Hall–Kier alpha value is -1.47. The van der Waals surface area contributed by atoms with E-state index in [0.29, 0.717) is 32.4 Å². The average Bonchev–Trinajstić information content (AvgIpc) is 2.73. The molecule has 0 radical (unpaired) electrons. The summed E-state index contributed by atoms with van der Waals surface area (Å²) >= 11 is 0. The smallest absolute Gasteiger partial charge is 0.222 e. The van der Waals surface area contributed by atoms with Crippen LogP contribution in [0.5, 0.6) is 0 Å². The number of benzene rings is 1. The number of β-amino-alcohol motifs (C(OH)–C–C–N with tert-alkyl or cyclic N) is 1. The number of carbonyl (C=O) groups is 1. The van der Waals surface area contributed by atoms with Gasteiger partial charge in [0.25, 0.3) is 0 Å². The molecule has 0 aromatic heterocycles. The minimum Gasteiger partial charge on any atom is -0.388 e. The van der Waals surface area contributed by atoms with Gasteiger partial charge in [0.1, 0.15) is 11.7 Å². The number of aliphatic hydroxyl groups excluding tert-OH is 1. The Morgan fingerprint density at radius 1 is 1.14 bits per heavy atom. The average molecular weight is 390 g/mol. The number of aliphatic hydroxyl groups is 2. The van der Waals surface area contributed by atoms with Crippen LogP contribution in [0.4, 0.5) is 0 Å². The molecule has 0 saturated carbocycles. The second-order valence-corrected chi connectivity index (χ2v) is 8.27. The van der Waals surface area contributed by atoms with Crippen LogP contribution in [0.25, 0.3) is 0 Å². The van der Waals surface area contributed by atoms with Crippen molar-refractivity contribution in [1.29, 1.82) is 0 Å². The molecule has 2 heterocycles. The van der Waals surface area contributed by atoms with Crippen LogP contribution in [0, 0.1) is 0 Å². The molecule has 0 aliphatic carbocycles. The third-order valence-electron chi connectivity index (χ3n) is 6.14. The maximum atomic E-state index is 12.5. The lowest BCUT2D eigenvalue weighted by molar-refractivity contribution is -0.148. The molecule has 2 aliphatic rings. The van der Waals surface area contributed by atoms with Crippen molar-refractivity contribution in [1.82, 2.24) is 15.1 Å². The van der Waals surface area contributed by atoms with Crippen LogP contribution >= 0.6 is 0 Å². The van der Waals surface area contributed by atoms with Crippen molar-refractivity contribution in [2.24, 2.45) is 0 Å². The zero-order valence-corrected chi connectivity index (χ0v) is 16.9. The fraction of sp³-hybridized carbons (Fsp3) is 0.682. The van der Waals surface area contributed by atoms with Crippen molar-refractivity contribution in [2.75, 3.05) is 45.8 Å². The molecule has 0 bridgehead atoms. The molecular weight excluding hydrogens is 354 g/mol. The summed E-state index contributed by atoms with van der Waals surface area (Å²) in [5.41, 5.74) is -0.0132. The Labute approximate surface area is 168 Å². The van der Waals surface area contributed by atoms with Crippen molar-refractivity contribution in [3.05, 3.63) is 35.9 Å². The van der Waals surface area contributed by atoms with E-state index in [4.69, 9.17) is 0 Å². The predicted molar refractivity (Wildman–Crippen MR) is 110 cm³/mol. The summed E-state index contributed by atoms with van der Waals surface area (Å²) in [6.45, 7) is 5.19. The van der Waals surface area contributed by atoms with Gasteiger partial charge in [-0.3, -0.25) is 4.79 Å². The van der Waals surface area contributed by atoms with Gasteiger partial charge in [-0.25, -0.2) is 0 Å². The number of likely N-dealkylation sites (tertiary alicyclic amines) is 2. The SMILES string of the molecule is O=C(CCc1ccccc1)N1CC[C@](O)(CNCCN2CCCCC2)[C@@H](O)C1. The molecule has 0 spiro atoms. The Morgan fingerprint density at radius 2 is 1.89 bits per heavy atom. The maximum absolute atomic E-state index is 12.5. The van der Waals surface area contributed by atoms with Crippen molar-refractivity contribution in [3.8, 4) is 0 Å². The molecule has 6 nitrogen and oxygen atoms in total. The molecular formula is C22H35N3O3. The van der Waals surface area contributed by atoms with Crippen molar-refractivity contribution in [2.45, 2.75) is 50.2 Å². The van der Waals surface area contributed by atoms with Gasteiger partial charge in [-0.15, -0.1) is 0 Å². The second kappa shape index (κ2) is 10.3. The summed E-state index contributed by atoms with van der Waals surface area (Å²) in [4.78, 5) is 16.6. The lowest BCUT2D eigenvalue weighted by Crippen LogP contribution is -2.61. The van der Waals surface area contributed by atoms with Gasteiger partial charge in [0.15, 0.2) is 0 Å². The van der Waals surface area contributed by atoms with Crippen LogP contribution in [0.15, 0.2) is 30.3 Å². The van der Waals surface area contributed by atoms with Gasteiger partial charge >= 0.3 is 0 Å². The number of nitrogens with one attached hydrogen (secondary N) is 1. The lowest BCUT2D eigenvalue weighted by Gasteiger charge is -2.42.